The van der Waals surface area contributed by atoms with Gasteiger partial charge in [0.25, 0.3) is 0 Å². The Morgan fingerprint density at radius 3 is 2.84 bits per heavy atom. The second-order valence-electron chi connectivity index (χ2n) is 4.07. The summed E-state index contributed by atoms with van der Waals surface area (Å²) in [5, 5.41) is 19.8. The van der Waals surface area contributed by atoms with E-state index in [0.717, 1.165) is 21.3 Å². The average Bonchev–Trinajstić information content (AvgIpc) is 2.96. The maximum Gasteiger partial charge on any atom is 0.311 e. The zero-order valence-electron chi connectivity index (χ0n) is 10.2. The molecule has 0 radical (unpaired) electrons. The van der Waals surface area contributed by atoms with Gasteiger partial charge in [-0.2, -0.15) is 0 Å². The topological polar surface area (TPSA) is 80.4 Å². The summed E-state index contributed by atoms with van der Waals surface area (Å²) < 4.78 is 1.80. The lowest BCUT2D eigenvalue weighted by Crippen LogP contribution is -2.05. The number of rotatable bonds is 3. The van der Waals surface area contributed by atoms with Crippen LogP contribution in [0.5, 0.6) is 0 Å². The van der Waals surface area contributed by atoms with Crippen LogP contribution in [-0.2, 0) is 11.2 Å². The number of hydrogen-bond donors (Lipinski definition) is 1. The molecule has 6 nitrogen and oxygen atoms in total. The van der Waals surface area contributed by atoms with Gasteiger partial charge in [0, 0.05) is 5.38 Å². The molecule has 0 saturated heterocycles. The number of nitrogens with zero attached hydrogens (tertiary/aromatic N) is 4. The van der Waals surface area contributed by atoms with Gasteiger partial charge in [0.05, 0.1) is 21.3 Å². The Morgan fingerprint density at radius 1 is 1.42 bits per heavy atom. The van der Waals surface area contributed by atoms with Gasteiger partial charge in [-0.05, 0) is 13.8 Å². The van der Waals surface area contributed by atoms with E-state index in [4.69, 9.17) is 5.11 Å². The zero-order valence-corrected chi connectivity index (χ0v) is 11.9. The predicted octanol–water partition coefficient (Wildman–Crippen LogP) is 2.16. The number of aromatic nitrogens is 4. The molecule has 0 saturated carbocycles. The lowest BCUT2D eigenvalue weighted by molar-refractivity contribution is -0.136. The summed E-state index contributed by atoms with van der Waals surface area (Å²) in [6.07, 6.45) is -0.137. The molecule has 0 aliphatic heterocycles. The van der Waals surface area contributed by atoms with Crippen molar-refractivity contribution in [2.24, 2.45) is 0 Å². The van der Waals surface area contributed by atoms with E-state index in [9.17, 15) is 4.79 Å². The number of thiazole rings is 2. The molecule has 0 spiro atoms. The third-order valence-corrected chi connectivity index (χ3v) is 4.57. The monoisotopic (exact) mass is 294 g/mol. The minimum atomic E-state index is -0.913. The summed E-state index contributed by atoms with van der Waals surface area (Å²) in [5.41, 5.74) is 1.86. The fourth-order valence-electron chi connectivity index (χ4n) is 1.95. The molecule has 0 aliphatic carbocycles. The summed E-state index contributed by atoms with van der Waals surface area (Å²) in [6, 6.07) is 0. The molecule has 0 aromatic carbocycles. The van der Waals surface area contributed by atoms with Crippen LogP contribution < -0.4 is 0 Å². The quantitative estimate of drug-likeness (QED) is 0.800. The number of aryl methyl sites for hydroxylation is 2. The fourth-order valence-corrected chi connectivity index (χ4v) is 3.79. The van der Waals surface area contributed by atoms with Crippen molar-refractivity contribution in [3.63, 3.8) is 0 Å². The van der Waals surface area contributed by atoms with Crippen LogP contribution in [0.1, 0.15) is 16.5 Å². The summed E-state index contributed by atoms with van der Waals surface area (Å²) in [6.45, 7) is 3.90. The van der Waals surface area contributed by atoms with Crippen molar-refractivity contribution in [3.05, 3.63) is 21.9 Å². The second kappa shape index (κ2) is 4.39. The molecule has 3 aromatic rings. The Kier molecular flexibility index (Phi) is 2.83. The molecule has 0 aliphatic rings. The lowest BCUT2D eigenvalue weighted by Gasteiger charge is -1.99. The van der Waals surface area contributed by atoms with Crippen LogP contribution in [0.4, 0.5) is 0 Å². The maximum absolute atomic E-state index is 10.9. The summed E-state index contributed by atoms with van der Waals surface area (Å²) >= 11 is 3.04. The molecule has 1 N–H and O–H groups in total. The molecular formula is C11H10N4O2S2. The first kappa shape index (κ1) is 12.2. The number of carboxylic acids is 1. The van der Waals surface area contributed by atoms with Gasteiger partial charge in [-0.25, -0.2) is 4.98 Å². The Morgan fingerprint density at radius 2 is 2.21 bits per heavy atom. The third-order valence-electron chi connectivity index (χ3n) is 2.66. The van der Waals surface area contributed by atoms with Crippen LogP contribution in [0.3, 0.4) is 0 Å². The summed E-state index contributed by atoms with van der Waals surface area (Å²) in [4.78, 5) is 17.0. The van der Waals surface area contributed by atoms with E-state index in [1.807, 2.05) is 19.2 Å². The van der Waals surface area contributed by atoms with Crippen LogP contribution in [0, 0.1) is 13.8 Å². The summed E-state index contributed by atoms with van der Waals surface area (Å²) in [5.74, 6) is -0.465. The zero-order chi connectivity index (χ0) is 13.6. The first-order chi connectivity index (χ1) is 9.06. The van der Waals surface area contributed by atoms with Crippen molar-refractivity contribution in [2.75, 3.05) is 0 Å². The first-order valence-electron chi connectivity index (χ1n) is 5.54. The normalized spacial score (nSPS) is 11.3. The summed E-state index contributed by atoms with van der Waals surface area (Å²) in [7, 11) is 0. The van der Waals surface area contributed by atoms with E-state index in [1.165, 1.54) is 11.3 Å². The van der Waals surface area contributed by atoms with E-state index in [2.05, 4.69) is 15.2 Å². The van der Waals surface area contributed by atoms with Crippen LogP contribution in [0.15, 0.2) is 5.38 Å². The highest BCUT2D eigenvalue weighted by Gasteiger charge is 2.18. The van der Waals surface area contributed by atoms with E-state index < -0.39 is 5.97 Å². The highest BCUT2D eigenvalue weighted by atomic mass is 32.1. The molecule has 0 atom stereocenters. The van der Waals surface area contributed by atoms with Gasteiger partial charge in [0.15, 0.2) is 0 Å². The molecule has 3 rings (SSSR count). The molecule has 0 bridgehead atoms. The lowest BCUT2D eigenvalue weighted by atomic mass is 10.3. The SMILES string of the molecule is Cc1nc(C)c(-c2csc3nnc(CC(=O)O)n23)s1. The standard InChI is InChI=1S/C11H10N4O2S2/c1-5-10(19-6(2)12-5)7-4-18-11-14-13-8(15(7)11)3-9(16)17/h4H,3H2,1-2H3,(H,16,17). The Hall–Kier alpha value is -1.80. The number of fused-ring (bicyclic) bond motifs is 1. The molecule has 0 unspecified atom stereocenters. The molecule has 3 aromatic heterocycles. The van der Waals surface area contributed by atoms with Crippen LogP contribution in [-0.4, -0.2) is 30.7 Å². The van der Waals surface area contributed by atoms with Crippen molar-refractivity contribution in [2.45, 2.75) is 20.3 Å². The molecular weight excluding hydrogens is 284 g/mol. The largest absolute Gasteiger partial charge is 0.481 e. The minimum Gasteiger partial charge on any atom is -0.481 e. The Labute approximate surface area is 116 Å². The number of aliphatic carboxylic acids is 1. The van der Waals surface area contributed by atoms with Gasteiger partial charge < -0.3 is 5.11 Å². The molecule has 3 heterocycles. The fraction of sp³-hybridized carbons (Fsp3) is 0.273. The van der Waals surface area contributed by atoms with Gasteiger partial charge in [-0.15, -0.1) is 32.9 Å². The van der Waals surface area contributed by atoms with E-state index in [1.54, 1.807) is 15.7 Å². The highest BCUT2D eigenvalue weighted by molar-refractivity contribution is 7.17. The predicted molar refractivity (Wildman–Crippen MR) is 72.8 cm³/mol. The molecule has 98 valence electrons. The van der Waals surface area contributed by atoms with E-state index >= 15 is 0 Å². The van der Waals surface area contributed by atoms with Crippen molar-refractivity contribution in [3.8, 4) is 10.6 Å². The van der Waals surface area contributed by atoms with Gasteiger partial charge in [-0.3, -0.25) is 9.20 Å². The Bertz CT molecular complexity index is 771. The second-order valence-corrected chi connectivity index (χ2v) is 6.11. The number of carbonyl (C=O) groups is 1. The molecule has 19 heavy (non-hydrogen) atoms. The van der Waals surface area contributed by atoms with Gasteiger partial charge in [-0.1, -0.05) is 0 Å². The molecule has 0 amide bonds. The van der Waals surface area contributed by atoms with Crippen molar-refractivity contribution in [1.29, 1.82) is 0 Å². The van der Waals surface area contributed by atoms with E-state index in [-0.39, 0.29) is 6.42 Å². The smallest absolute Gasteiger partial charge is 0.311 e. The molecule has 0 fully saturated rings. The first-order valence-corrected chi connectivity index (χ1v) is 7.23. The highest BCUT2D eigenvalue weighted by Crippen LogP contribution is 2.33. The average molecular weight is 294 g/mol. The Balaban J connectivity index is 2.21. The van der Waals surface area contributed by atoms with Crippen molar-refractivity contribution >= 4 is 33.6 Å². The minimum absolute atomic E-state index is 0.137. The van der Waals surface area contributed by atoms with Gasteiger partial charge >= 0.3 is 5.97 Å². The van der Waals surface area contributed by atoms with Crippen molar-refractivity contribution < 1.29 is 9.90 Å². The number of hydrogen-bond acceptors (Lipinski definition) is 6. The third kappa shape index (κ3) is 2.02. The van der Waals surface area contributed by atoms with Gasteiger partial charge in [0.1, 0.15) is 12.2 Å². The maximum atomic E-state index is 10.9. The van der Waals surface area contributed by atoms with Crippen LogP contribution in [0.25, 0.3) is 15.5 Å². The van der Waals surface area contributed by atoms with Crippen molar-refractivity contribution in [1.82, 2.24) is 19.6 Å². The number of carboxylic acid groups (broad SMARTS) is 1. The van der Waals surface area contributed by atoms with E-state index in [0.29, 0.717) is 10.8 Å². The van der Waals surface area contributed by atoms with Crippen LogP contribution >= 0.6 is 22.7 Å². The molecule has 8 heteroatoms. The van der Waals surface area contributed by atoms with Gasteiger partial charge in [0.2, 0.25) is 4.96 Å². The van der Waals surface area contributed by atoms with Crippen LogP contribution in [0.2, 0.25) is 0 Å².